The Morgan fingerprint density at radius 1 is 1.11 bits per heavy atom. The van der Waals surface area contributed by atoms with Crippen LogP contribution in [0, 0.1) is 11.3 Å². The third-order valence-corrected chi connectivity index (χ3v) is 5.58. The summed E-state index contributed by atoms with van der Waals surface area (Å²) in [6.07, 6.45) is 2.00. The van der Waals surface area contributed by atoms with Crippen molar-refractivity contribution in [1.29, 1.82) is 5.26 Å². The first-order valence-electron chi connectivity index (χ1n) is 10.9. The van der Waals surface area contributed by atoms with E-state index in [2.05, 4.69) is 0 Å². The number of rotatable bonds is 9. The summed E-state index contributed by atoms with van der Waals surface area (Å²) in [4.78, 5) is 26.5. The van der Waals surface area contributed by atoms with Crippen molar-refractivity contribution in [2.75, 3.05) is 40.0 Å². The van der Waals surface area contributed by atoms with Gasteiger partial charge in [-0.1, -0.05) is 29.3 Å². The molecule has 1 heterocycles. The van der Waals surface area contributed by atoms with Gasteiger partial charge in [0.25, 0.3) is 5.91 Å². The molecular formula is C25H24Cl2N2O6. The zero-order valence-electron chi connectivity index (χ0n) is 19.1. The Kier molecular flexibility index (Phi) is 9.79. The predicted molar refractivity (Wildman–Crippen MR) is 131 cm³/mol. The van der Waals surface area contributed by atoms with Crippen molar-refractivity contribution in [3.8, 4) is 23.3 Å². The molecule has 0 bridgehead atoms. The predicted octanol–water partition coefficient (Wildman–Crippen LogP) is 4.53. The first kappa shape index (κ1) is 26.4. The average Bonchev–Trinajstić information content (AvgIpc) is 2.87. The monoisotopic (exact) mass is 518 g/mol. The lowest BCUT2D eigenvalue weighted by Gasteiger charge is -2.26. The molecule has 0 N–H and O–H groups in total. The van der Waals surface area contributed by atoms with Crippen LogP contribution >= 0.6 is 23.2 Å². The molecule has 8 nitrogen and oxygen atoms in total. The number of hydrogen-bond donors (Lipinski definition) is 0. The second-order valence-electron chi connectivity index (χ2n) is 7.49. The highest BCUT2D eigenvalue weighted by molar-refractivity contribution is 6.35. The number of amides is 1. The van der Waals surface area contributed by atoms with E-state index in [1.807, 2.05) is 6.07 Å². The lowest BCUT2D eigenvalue weighted by atomic mass is 10.1. The van der Waals surface area contributed by atoms with Crippen molar-refractivity contribution in [1.82, 2.24) is 4.90 Å². The molecule has 3 rings (SSSR count). The number of carbonyl (C=O) groups excluding carboxylic acids is 2. The van der Waals surface area contributed by atoms with Crippen LogP contribution in [0.25, 0.3) is 6.08 Å². The summed E-state index contributed by atoms with van der Waals surface area (Å²) in [6.45, 7) is 2.03. The minimum absolute atomic E-state index is 0.000474. The molecule has 1 amide bonds. The number of halogens is 2. The Morgan fingerprint density at radius 3 is 2.54 bits per heavy atom. The van der Waals surface area contributed by atoms with Gasteiger partial charge in [-0.3, -0.25) is 9.59 Å². The van der Waals surface area contributed by atoms with Gasteiger partial charge in [0.1, 0.15) is 17.4 Å². The summed E-state index contributed by atoms with van der Waals surface area (Å²) < 4.78 is 21.6. The summed E-state index contributed by atoms with van der Waals surface area (Å²) in [6, 6.07) is 11.7. The van der Waals surface area contributed by atoms with E-state index in [1.54, 1.807) is 41.3 Å². The topological polar surface area (TPSA) is 98.1 Å². The van der Waals surface area contributed by atoms with E-state index in [0.717, 1.165) is 0 Å². The molecule has 0 saturated carbocycles. The van der Waals surface area contributed by atoms with Gasteiger partial charge in [-0.05, 0) is 48.4 Å². The van der Waals surface area contributed by atoms with Gasteiger partial charge in [0, 0.05) is 24.5 Å². The lowest BCUT2D eigenvalue weighted by molar-refractivity contribution is -0.134. The van der Waals surface area contributed by atoms with Gasteiger partial charge in [-0.2, -0.15) is 5.26 Å². The number of nitriles is 1. The van der Waals surface area contributed by atoms with Crippen LogP contribution in [0.5, 0.6) is 17.2 Å². The third-order valence-electron chi connectivity index (χ3n) is 5.05. The highest BCUT2D eigenvalue weighted by Gasteiger charge is 2.21. The Bertz CT molecular complexity index is 1140. The number of ether oxygens (including phenoxy) is 4. The SMILES string of the molecule is COc1cc(/C=C(\C#N)C(=O)N2CCOCC2)ccc1OC(=O)CCCOc1ccc(Cl)cc1Cl. The van der Waals surface area contributed by atoms with E-state index in [4.69, 9.17) is 42.1 Å². The van der Waals surface area contributed by atoms with Crippen LogP contribution in [0.15, 0.2) is 42.0 Å². The molecule has 184 valence electrons. The first-order chi connectivity index (χ1) is 16.9. The van der Waals surface area contributed by atoms with Crippen LogP contribution in [-0.2, 0) is 14.3 Å². The number of carbonyl (C=O) groups is 2. The van der Waals surface area contributed by atoms with Gasteiger partial charge in [-0.25, -0.2) is 0 Å². The maximum absolute atomic E-state index is 12.6. The van der Waals surface area contributed by atoms with Crippen LogP contribution in [0.1, 0.15) is 18.4 Å². The average molecular weight is 519 g/mol. The van der Waals surface area contributed by atoms with Crippen LogP contribution in [0.4, 0.5) is 0 Å². The number of esters is 1. The second kappa shape index (κ2) is 13.0. The molecule has 35 heavy (non-hydrogen) atoms. The summed E-state index contributed by atoms with van der Waals surface area (Å²) in [5.41, 5.74) is 0.563. The van der Waals surface area contributed by atoms with Crippen molar-refractivity contribution >= 4 is 41.2 Å². The van der Waals surface area contributed by atoms with Gasteiger partial charge in [0.15, 0.2) is 11.5 Å². The molecule has 10 heteroatoms. The summed E-state index contributed by atoms with van der Waals surface area (Å²) >= 11 is 11.9. The highest BCUT2D eigenvalue weighted by atomic mass is 35.5. The molecular weight excluding hydrogens is 495 g/mol. The highest BCUT2D eigenvalue weighted by Crippen LogP contribution is 2.30. The van der Waals surface area contributed by atoms with Crippen molar-refractivity contribution in [3.05, 3.63) is 57.6 Å². The standard InChI is InChI=1S/C25H24Cl2N2O6/c1-32-23-14-17(13-18(16-28)25(31)29-8-11-33-12-9-29)4-6-22(23)35-24(30)3-2-10-34-21-7-5-19(26)15-20(21)27/h4-7,13-15H,2-3,8-12H2,1H3/b18-13+. The van der Waals surface area contributed by atoms with Crippen LogP contribution in [0.2, 0.25) is 10.0 Å². The van der Waals surface area contributed by atoms with Crippen molar-refractivity contribution in [3.63, 3.8) is 0 Å². The number of benzene rings is 2. The molecule has 0 aromatic heterocycles. The molecule has 0 spiro atoms. The van der Waals surface area contributed by atoms with Crippen molar-refractivity contribution in [2.45, 2.75) is 12.8 Å². The van der Waals surface area contributed by atoms with E-state index in [0.29, 0.717) is 59.8 Å². The fourth-order valence-corrected chi connectivity index (χ4v) is 3.73. The number of methoxy groups -OCH3 is 1. The Morgan fingerprint density at radius 2 is 1.86 bits per heavy atom. The van der Waals surface area contributed by atoms with E-state index >= 15 is 0 Å². The van der Waals surface area contributed by atoms with E-state index in [1.165, 1.54) is 13.2 Å². The molecule has 0 unspecified atom stereocenters. The quantitative estimate of drug-likeness (QED) is 0.158. The fourth-order valence-electron chi connectivity index (χ4n) is 3.27. The summed E-state index contributed by atoms with van der Waals surface area (Å²) in [5.74, 6) is 0.199. The minimum atomic E-state index is -0.461. The maximum Gasteiger partial charge on any atom is 0.311 e. The smallest absolute Gasteiger partial charge is 0.311 e. The van der Waals surface area contributed by atoms with Crippen molar-refractivity contribution in [2.24, 2.45) is 0 Å². The summed E-state index contributed by atoms with van der Waals surface area (Å²) in [5, 5.41) is 10.4. The molecule has 2 aromatic carbocycles. The van der Waals surface area contributed by atoms with Gasteiger partial charge in [-0.15, -0.1) is 0 Å². The van der Waals surface area contributed by atoms with E-state index < -0.39 is 5.97 Å². The van der Waals surface area contributed by atoms with E-state index in [-0.39, 0.29) is 30.3 Å². The first-order valence-corrected chi connectivity index (χ1v) is 11.6. The molecule has 0 atom stereocenters. The van der Waals surface area contributed by atoms with Gasteiger partial charge >= 0.3 is 5.97 Å². The van der Waals surface area contributed by atoms with Gasteiger partial charge in [0.05, 0.1) is 32.0 Å². The van der Waals surface area contributed by atoms with Crippen molar-refractivity contribution < 1.29 is 28.5 Å². The number of nitrogens with zero attached hydrogens (tertiary/aromatic N) is 2. The Hall–Kier alpha value is -3.25. The molecule has 0 radical (unpaired) electrons. The third kappa shape index (κ3) is 7.62. The molecule has 2 aromatic rings. The second-order valence-corrected chi connectivity index (χ2v) is 8.33. The Labute approximate surface area is 213 Å². The van der Waals surface area contributed by atoms with Crippen LogP contribution in [0.3, 0.4) is 0 Å². The molecule has 1 saturated heterocycles. The Balaban J connectivity index is 1.57. The lowest BCUT2D eigenvalue weighted by Crippen LogP contribution is -2.41. The fraction of sp³-hybridized carbons (Fsp3) is 0.320. The van der Waals surface area contributed by atoms with Crippen LogP contribution < -0.4 is 14.2 Å². The summed E-state index contributed by atoms with van der Waals surface area (Å²) in [7, 11) is 1.44. The normalized spacial score (nSPS) is 13.7. The molecule has 1 fully saturated rings. The van der Waals surface area contributed by atoms with Gasteiger partial charge < -0.3 is 23.8 Å². The number of morpholine rings is 1. The van der Waals surface area contributed by atoms with E-state index in [9.17, 15) is 14.9 Å². The molecule has 1 aliphatic heterocycles. The molecule has 0 aliphatic carbocycles. The maximum atomic E-state index is 12.6. The van der Waals surface area contributed by atoms with Crippen LogP contribution in [-0.4, -0.2) is 56.8 Å². The molecule has 1 aliphatic rings. The zero-order valence-corrected chi connectivity index (χ0v) is 20.6. The van der Waals surface area contributed by atoms with Gasteiger partial charge in [0.2, 0.25) is 0 Å². The zero-order chi connectivity index (χ0) is 25.2. The number of hydrogen-bond acceptors (Lipinski definition) is 7. The largest absolute Gasteiger partial charge is 0.493 e. The minimum Gasteiger partial charge on any atom is -0.493 e.